The molecule has 0 bridgehead atoms. The van der Waals surface area contributed by atoms with Gasteiger partial charge in [-0.1, -0.05) is 13.0 Å². The van der Waals surface area contributed by atoms with Crippen molar-refractivity contribution >= 4 is 17.3 Å². The average Bonchev–Trinajstić information content (AvgIpc) is 2.09. The van der Waals surface area contributed by atoms with Crippen molar-refractivity contribution in [3.8, 4) is 0 Å². The zero-order valence-electron chi connectivity index (χ0n) is 7.33. The van der Waals surface area contributed by atoms with Crippen LogP contribution < -0.4 is 16.6 Å². The lowest BCUT2D eigenvalue weighted by molar-refractivity contribution is -0.255. The minimum atomic E-state index is -1.22. The third-order valence-electron chi connectivity index (χ3n) is 1.96. The average molecular weight is 179 g/mol. The summed E-state index contributed by atoms with van der Waals surface area (Å²) in [7, 11) is 0. The molecule has 0 aliphatic carbocycles. The first-order chi connectivity index (χ1) is 6.07. The highest BCUT2D eigenvalue weighted by atomic mass is 16.4. The van der Waals surface area contributed by atoms with Gasteiger partial charge in [-0.05, 0) is 18.1 Å². The van der Waals surface area contributed by atoms with Crippen LogP contribution in [0, 0.1) is 0 Å². The van der Waals surface area contributed by atoms with Crippen LogP contribution >= 0.6 is 0 Å². The van der Waals surface area contributed by atoms with Gasteiger partial charge in [0.05, 0.1) is 17.3 Å². The van der Waals surface area contributed by atoms with Crippen molar-refractivity contribution in [3.05, 3.63) is 23.3 Å². The Morgan fingerprint density at radius 2 is 2.08 bits per heavy atom. The molecule has 0 aliphatic rings. The second-order valence-electron chi connectivity index (χ2n) is 2.74. The van der Waals surface area contributed by atoms with Crippen LogP contribution in [0.5, 0.6) is 0 Å². The lowest BCUT2D eigenvalue weighted by atomic mass is 10.0. The molecule has 1 aromatic rings. The SMILES string of the molecule is CCc1c(C(=O)[O-])ccc(N)c1N. The highest BCUT2D eigenvalue weighted by Gasteiger charge is 2.07. The third-order valence-corrected chi connectivity index (χ3v) is 1.96. The molecule has 0 spiro atoms. The zero-order chi connectivity index (χ0) is 10.0. The summed E-state index contributed by atoms with van der Waals surface area (Å²) in [6, 6.07) is 2.89. The van der Waals surface area contributed by atoms with E-state index in [-0.39, 0.29) is 5.56 Å². The second kappa shape index (κ2) is 3.35. The van der Waals surface area contributed by atoms with Gasteiger partial charge in [0.25, 0.3) is 0 Å². The molecule has 4 N–H and O–H groups in total. The van der Waals surface area contributed by atoms with Crippen LogP contribution in [0.15, 0.2) is 12.1 Å². The third kappa shape index (κ3) is 1.56. The van der Waals surface area contributed by atoms with E-state index < -0.39 is 5.97 Å². The fraction of sp³-hybridized carbons (Fsp3) is 0.222. The van der Waals surface area contributed by atoms with E-state index in [1.54, 1.807) is 0 Å². The zero-order valence-corrected chi connectivity index (χ0v) is 7.33. The van der Waals surface area contributed by atoms with Crippen molar-refractivity contribution in [2.45, 2.75) is 13.3 Å². The van der Waals surface area contributed by atoms with E-state index in [9.17, 15) is 9.90 Å². The maximum Gasteiger partial charge on any atom is 0.0718 e. The smallest absolute Gasteiger partial charge is 0.0718 e. The number of hydrogen-bond acceptors (Lipinski definition) is 4. The van der Waals surface area contributed by atoms with E-state index in [0.29, 0.717) is 23.4 Å². The molecule has 0 saturated carbocycles. The van der Waals surface area contributed by atoms with Crippen molar-refractivity contribution in [1.29, 1.82) is 0 Å². The van der Waals surface area contributed by atoms with Gasteiger partial charge >= 0.3 is 0 Å². The Hall–Kier alpha value is -1.71. The van der Waals surface area contributed by atoms with Gasteiger partial charge in [-0.25, -0.2) is 0 Å². The Kier molecular flexibility index (Phi) is 2.41. The summed E-state index contributed by atoms with van der Waals surface area (Å²) >= 11 is 0. The van der Waals surface area contributed by atoms with Gasteiger partial charge in [-0.2, -0.15) is 0 Å². The number of carboxylic acids is 1. The van der Waals surface area contributed by atoms with Crippen LogP contribution in [0.2, 0.25) is 0 Å². The summed E-state index contributed by atoms with van der Waals surface area (Å²) in [5, 5.41) is 10.6. The Morgan fingerprint density at radius 1 is 1.46 bits per heavy atom. The maximum absolute atomic E-state index is 10.6. The van der Waals surface area contributed by atoms with E-state index in [1.807, 2.05) is 6.92 Å². The largest absolute Gasteiger partial charge is 0.545 e. The van der Waals surface area contributed by atoms with E-state index in [2.05, 4.69) is 0 Å². The standard InChI is InChI=1S/C9H12N2O2/c1-2-5-6(9(12)13)3-4-7(10)8(5)11/h3-4H,2,10-11H2,1H3,(H,12,13)/p-1. The number of nitrogens with two attached hydrogens (primary N) is 2. The number of anilines is 2. The van der Waals surface area contributed by atoms with E-state index in [0.717, 1.165) is 0 Å². The van der Waals surface area contributed by atoms with Crippen LogP contribution in [0.1, 0.15) is 22.8 Å². The van der Waals surface area contributed by atoms with Crippen molar-refractivity contribution in [1.82, 2.24) is 0 Å². The summed E-state index contributed by atoms with van der Waals surface area (Å²) in [6.07, 6.45) is 0.528. The number of hydrogen-bond donors (Lipinski definition) is 2. The summed E-state index contributed by atoms with van der Waals surface area (Å²) < 4.78 is 0. The monoisotopic (exact) mass is 179 g/mol. The molecule has 13 heavy (non-hydrogen) atoms. The molecule has 0 saturated heterocycles. The van der Waals surface area contributed by atoms with Crippen molar-refractivity contribution in [2.24, 2.45) is 0 Å². The first kappa shape index (κ1) is 9.38. The van der Waals surface area contributed by atoms with Crippen molar-refractivity contribution in [2.75, 3.05) is 11.5 Å². The van der Waals surface area contributed by atoms with Crippen LogP contribution in [0.4, 0.5) is 11.4 Å². The molecular weight excluding hydrogens is 168 g/mol. The van der Waals surface area contributed by atoms with Crippen LogP contribution in [0.3, 0.4) is 0 Å². The van der Waals surface area contributed by atoms with Gasteiger partial charge in [0.1, 0.15) is 0 Å². The number of rotatable bonds is 2. The predicted octanol–water partition coefficient (Wildman–Crippen LogP) is -0.223. The Morgan fingerprint density at radius 3 is 2.54 bits per heavy atom. The first-order valence-corrected chi connectivity index (χ1v) is 3.96. The van der Waals surface area contributed by atoms with E-state index in [4.69, 9.17) is 11.5 Å². The van der Waals surface area contributed by atoms with Crippen LogP contribution in [-0.4, -0.2) is 5.97 Å². The molecular formula is C9H11N2O2-. The molecule has 4 nitrogen and oxygen atoms in total. The van der Waals surface area contributed by atoms with Crippen LogP contribution in [0.25, 0.3) is 0 Å². The Balaban J connectivity index is 3.38. The number of carboxylic acid groups (broad SMARTS) is 1. The normalized spacial score (nSPS) is 9.92. The topological polar surface area (TPSA) is 92.2 Å². The van der Waals surface area contributed by atoms with Crippen LogP contribution in [-0.2, 0) is 6.42 Å². The Labute approximate surface area is 76.2 Å². The quantitative estimate of drug-likeness (QED) is 0.614. The second-order valence-corrected chi connectivity index (χ2v) is 2.74. The molecule has 0 atom stereocenters. The molecule has 0 unspecified atom stereocenters. The molecule has 4 heteroatoms. The number of aromatic carboxylic acids is 1. The fourth-order valence-electron chi connectivity index (χ4n) is 1.25. The predicted molar refractivity (Wildman–Crippen MR) is 49.0 cm³/mol. The molecule has 0 aliphatic heterocycles. The summed E-state index contributed by atoms with van der Waals surface area (Å²) in [6.45, 7) is 1.82. The fourth-order valence-corrected chi connectivity index (χ4v) is 1.25. The number of benzene rings is 1. The van der Waals surface area contributed by atoms with Gasteiger partial charge in [0, 0.05) is 5.56 Å². The molecule has 0 fully saturated rings. The van der Waals surface area contributed by atoms with Crippen molar-refractivity contribution < 1.29 is 9.90 Å². The molecule has 0 heterocycles. The molecule has 0 radical (unpaired) electrons. The van der Waals surface area contributed by atoms with Gasteiger partial charge < -0.3 is 21.4 Å². The van der Waals surface area contributed by atoms with Crippen molar-refractivity contribution in [3.63, 3.8) is 0 Å². The lowest BCUT2D eigenvalue weighted by Gasteiger charge is -2.12. The molecule has 0 aromatic heterocycles. The van der Waals surface area contributed by atoms with E-state index >= 15 is 0 Å². The minimum Gasteiger partial charge on any atom is -0.545 e. The molecule has 1 aromatic carbocycles. The number of carbonyl (C=O) groups is 1. The molecule has 70 valence electrons. The summed E-state index contributed by atoms with van der Waals surface area (Å²) in [5.41, 5.74) is 12.5. The summed E-state index contributed by atoms with van der Waals surface area (Å²) in [4.78, 5) is 10.6. The van der Waals surface area contributed by atoms with Gasteiger partial charge in [0.15, 0.2) is 0 Å². The van der Waals surface area contributed by atoms with Gasteiger partial charge in [-0.15, -0.1) is 0 Å². The molecule has 0 amide bonds. The lowest BCUT2D eigenvalue weighted by Crippen LogP contribution is -2.24. The highest BCUT2D eigenvalue weighted by molar-refractivity contribution is 5.91. The number of nitrogen functional groups attached to an aromatic ring is 2. The number of carbonyl (C=O) groups excluding carboxylic acids is 1. The first-order valence-electron chi connectivity index (χ1n) is 3.96. The maximum atomic E-state index is 10.6. The van der Waals surface area contributed by atoms with Gasteiger partial charge in [-0.3, -0.25) is 0 Å². The summed E-state index contributed by atoms with van der Waals surface area (Å²) in [5.74, 6) is -1.22. The Bertz CT molecular complexity index is 348. The van der Waals surface area contributed by atoms with E-state index in [1.165, 1.54) is 12.1 Å². The highest BCUT2D eigenvalue weighted by Crippen LogP contribution is 2.23. The van der Waals surface area contributed by atoms with Gasteiger partial charge in [0.2, 0.25) is 0 Å². The minimum absolute atomic E-state index is 0.120. The molecule has 1 rings (SSSR count).